The molecule has 1 aromatic heterocycles. The van der Waals surface area contributed by atoms with Crippen molar-refractivity contribution in [2.45, 2.75) is 26.4 Å². The Morgan fingerprint density at radius 2 is 2.31 bits per heavy atom. The number of hydrogen-bond acceptors (Lipinski definition) is 3. The lowest BCUT2D eigenvalue weighted by molar-refractivity contribution is 0.558. The molecule has 0 radical (unpaired) electrons. The Bertz CT molecular complexity index is 350. The first kappa shape index (κ1) is 10.0. The lowest BCUT2D eigenvalue weighted by Gasteiger charge is -2.04. The van der Waals surface area contributed by atoms with Crippen LogP contribution in [0.4, 0.5) is 0 Å². The lowest BCUT2D eigenvalue weighted by atomic mass is 10.3. The van der Waals surface area contributed by atoms with Gasteiger partial charge in [0.25, 0.3) is 0 Å². The molecule has 70 valence electrons. The number of nitrogens with two attached hydrogens (primary N) is 1. The molecule has 0 aromatic carbocycles. The molecule has 0 fully saturated rings. The molecule has 5 heteroatoms. The Labute approximate surface area is 81.9 Å². The molecule has 1 unspecified atom stereocenters. The van der Waals surface area contributed by atoms with Crippen molar-refractivity contribution in [1.29, 1.82) is 5.26 Å². The average molecular weight is 199 g/mol. The molecule has 0 aliphatic carbocycles. The molecule has 1 aromatic rings. The van der Waals surface area contributed by atoms with Crippen molar-refractivity contribution in [1.82, 2.24) is 9.78 Å². The van der Waals surface area contributed by atoms with Gasteiger partial charge in [0.1, 0.15) is 6.04 Å². The highest BCUT2D eigenvalue weighted by Crippen LogP contribution is 2.18. The Hall–Kier alpha value is -1.05. The van der Waals surface area contributed by atoms with E-state index in [0.717, 1.165) is 11.4 Å². The summed E-state index contributed by atoms with van der Waals surface area (Å²) in [5.74, 6) is 0. The number of aryl methyl sites for hydroxylation is 1. The monoisotopic (exact) mass is 198 g/mol. The summed E-state index contributed by atoms with van der Waals surface area (Å²) in [4.78, 5) is 0. The Balaban J connectivity index is 2.91. The number of hydrogen-bond donors (Lipinski definition) is 1. The minimum Gasteiger partial charge on any atom is -0.314 e. The van der Waals surface area contributed by atoms with Gasteiger partial charge in [-0.2, -0.15) is 10.4 Å². The van der Waals surface area contributed by atoms with E-state index in [9.17, 15) is 0 Å². The molecule has 1 atom stereocenters. The van der Waals surface area contributed by atoms with Gasteiger partial charge in [0, 0.05) is 0 Å². The molecule has 0 saturated carbocycles. The van der Waals surface area contributed by atoms with Crippen molar-refractivity contribution in [2.75, 3.05) is 0 Å². The minimum absolute atomic E-state index is 0.385. The Morgan fingerprint density at radius 1 is 1.69 bits per heavy atom. The quantitative estimate of drug-likeness (QED) is 0.771. The smallest absolute Gasteiger partial charge is 0.113 e. The van der Waals surface area contributed by atoms with Gasteiger partial charge in [-0.3, -0.25) is 4.68 Å². The molecule has 0 saturated heterocycles. The minimum atomic E-state index is -0.533. The molecule has 1 rings (SSSR count). The highest BCUT2D eigenvalue weighted by atomic mass is 35.5. The summed E-state index contributed by atoms with van der Waals surface area (Å²) < 4.78 is 1.66. The van der Waals surface area contributed by atoms with E-state index in [-0.39, 0.29) is 0 Å². The van der Waals surface area contributed by atoms with E-state index in [0.29, 0.717) is 11.6 Å². The van der Waals surface area contributed by atoms with E-state index < -0.39 is 6.04 Å². The second-order valence-corrected chi connectivity index (χ2v) is 3.28. The first-order valence-electron chi connectivity index (χ1n) is 3.91. The molecule has 0 aliphatic heterocycles. The molecule has 0 bridgehead atoms. The van der Waals surface area contributed by atoms with Crippen LogP contribution >= 0.6 is 11.6 Å². The van der Waals surface area contributed by atoms with Gasteiger partial charge >= 0.3 is 0 Å². The predicted molar refractivity (Wildman–Crippen MR) is 50.3 cm³/mol. The molecular weight excluding hydrogens is 188 g/mol. The summed E-state index contributed by atoms with van der Waals surface area (Å²) in [5.41, 5.74) is 7.09. The van der Waals surface area contributed by atoms with Crippen LogP contribution in [0.25, 0.3) is 0 Å². The van der Waals surface area contributed by atoms with Gasteiger partial charge in [0.15, 0.2) is 0 Å². The average Bonchev–Trinajstić information content (AvgIpc) is 2.34. The number of halogens is 1. The summed E-state index contributed by atoms with van der Waals surface area (Å²) in [6.07, 6.45) is 0. The van der Waals surface area contributed by atoms with Crippen LogP contribution in [-0.2, 0) is 6.54 Å². The number of nitrogens with zero attached hydrogens (tertiary/aromatic N) is 3. The number of nitriles is 1. The molecule has 2 N–H and O–H groups in total. The number of rotatable bonds is 2. The fourth-order valence-electron chi connectivity index (χ4n) is 1.08. The Kier molecular flexibility index (Phi) is 2.91. The standard InChI is InChI=1S/C8H11ClN4/c1-5-8(9)6(2)13(12-5)4-7(11)3-10/h7H,4,11H2,1-2H3. The maximum Gasteiger partial charge on any atom is 0.113 e. The highest BCUT2D eigenvalue weighted by Gasteiger charge is 2.10. The van der Waals surface area contributed by atoms with Crippen LogP contribution < -0.4 is 5.73 Å². The zero-order valence-corrected chi connectivity index (χ0v) is 8.34. The van der Waals surface area contributed by atoms with Crippen LogP contribution in [-0.4, -0.2) is 15.8 Å². The van der Waals surface area contributed by atoms with Crippen LogP contribution in [0.15, 0.2) is 0 Å². The molecule has 13 heavy (non-hydrogen) atoms. The molecule has 0 amide bonds. The van der Waals surface area contributed by atoms with Crippen LogP contribution in [0, 0.1) is 25.2 Å². The first-order chi connectivity index (χ1) is 6.06. The van der Waals surface area contributed by atoms with Gasteiger partial charge in [-0.05, 0) is 13.8 Å². The maximum absolute atomic E-state index is 8.51. The summed E-state index contributed by atoms with van der Waals surface area (Å²) in [6.45, 7) is 4.06. The molecule has 0 spiro atoms. The normalized spacial score (nSPS) is 12.5. The molecule has 0 aliphatic rings. The highest BCUT2D eigenvalue weighted by molar-refractivity contribution is 6.31. The van der Waals surface area contributed by atoms with Gasteiger partial charge in [0.2, 0.25) is 0 Å². The third kappa shape index (κ3) is 2.00. The van der Waals surface area contributed by atoms with Gasteiger partial charge in [0.05, 0.1) is 29.0 Å². The second kappa shape index (κ2) is 3.77. The van der Waals surface area contributed by atoms with Crippen molar-refractivity contribution in [3.63, 3.8) is 0 Å². The third-order valence-electron chi connectivity index (χ3n) is 1.83. The van der Waals surface area contributed by atoms with Gasteiger partial charge in [-0.15, -0.1) is 0 Å². The van der Waals surface area contributed by atoms with Crippen LogP contribution in [0.5, 0.6) is 0 Å². The van der Waals surface area contributed by atoms with Gasteiger partial charge < -0.3 is 5.73 Å². The van der Waals surface area contributed by atoms with Crippen molar-refractivity contribution in [3.05, 3.63) is 16.4 Å². The van der Waals surface area contributed by atoms with E-state index in [1.807, 2.05) is 19.9 Å². The van der Waals surface area contributed by atoms with Crippen molar-refractivity contribution in [2.24, 2.45) is 5.73 Å². The van der Waals surface area contributed by atoms with E-state index in [4.69, 9.17) is 22.6 Å². The molecule has 4 nitrogen and oxygen atoms in total. The summed E-state index contributed by atoms with van der Waals surface area (Å²) in [7, 11) is 0. The fraction of sp³-hybridized carbons (Fsp3) is 0.500. The van der Waals surface area contributed by atoms with E-state index in [1.165, 1.54) is 0 Å². The summed E-state index contributed by atoms with van der Waals surface area (Å²) >= 11 is 5.92. The van der Waals surface area contributed by atoms with Crippen LogP contribution in [0.1, 0.15) is 11.4 Å². The van der Waals surface area contributed by atoms with Crippen LogP contribution in [0.3, 0.4) is 0 Å². The predicted octanol–water partition coefficient (Wildman–Crippen LogP) is 1.00. The molecule has 1 heterocycles. The molecular formula is C8H11ClN4. The topological polar surface area (TPSA) is 67.6 Å². The van der Waals surface area contributed by atoms with E-state index >= 15 is 0 Å². The first-order valence-corrected chi connectivity index (χ1v) is 4.28. The zero-order valence-electron chi connectivity index (χ0n) is 7.58. The van der Waals surface area contributed by atoms with E-state index in [2.05, 4.69) is 5.10 Å². The second-order valence-electron chi connectivity index (χ2n) is 2.90. The zero-order chi connectivity index (χ0) is 10.0. The fourth-order valence-corrected chi connectivity index (χ4v) is 1.22. The van der Waals surface area contributed by atoms with Crippen LogP contribution in [0.2, 0.25) is 5.02 Å². The Morgan fingerprint density at radius 3 is 2.69 bits per heavy atom. The largest absolute Gasteiger partial charge is 0.314 e. The van der Waals surface area contributed by atoms with Gasteiger partial charge in [-0.1, -0.05) is 11.6 Å². The third-order valence-corrected chi connectivity index (χ3v) is 2.38. The van der Waals surface area contributed by atoms with Gasteiger partial charge in [-0.25, -0.2) is 0 Å². The maximum atomic E-state index is 8.51. The SMILES string of the molecule is Cc1nn(CC(N)C#N)c(C)c1Cl. The van der Waals surface area contributed by atoms with Crippen molar-refractivity contribution < 1.29 is 0 Å². The summed E-state index contributed by atoms with van der Waals surface area (Å²) in [5, 5.41) is 13.3. The van der Waals surface area contributed by atoms with E-state index in [1.54, 1.807) is 4.68 Å². The lowest BCUT2D eigenvalue weighted by Crippen LogP contribution is -2.25. The van der Waals surface area contributed by atoms with Crippen molar-refractivity contribution >= 4 is 11.6 Å². The number of aromatic nitrogens is 2. The summed E-state index contributed by atoms with van der Waals surface area (Å²) in [6, 6.07) is 1.41. The van der Waals surface area contributed by atoms with Crippen molar-refractivity contribution in [3.8, 4) is 6.07 Å².